The second-order valence-corrected chi connectivity index (χ2v) is 5.95. The van der Waals surface area contributed by atoms with Gasteiger partial charge in [0.2, 0.25) is 0 Å². The third-order valence-electron chi connectivity index (χ3n) is 3.59. The minimum absolute atomic E-state index is 0.0648. The maximum absolute atomic E-state index is 14.1. The van der Waals surface area contributed by atoms with Crippen molar-refractivity contribution in [2.75, 3.05) is 6.61 Å². The summed E-state index contributed by atoms with van der Waals surface area (Å²) >= 11 is -2.36. The third kappa shape index (κ3) is 3.23. The molecule has 0 aromatic heterocycles. The van der Waals surface area contributed by atoms with Crippen molar-refractivity contribution in [3.05, 3.63) is 71.0 Å². The zero-order valence-electron chi connectivity index (χ0n) is 12.0. The van der Waals surface area contributed by atoms with Crippen molar-refractivity contribution in [2.24, 2.45) is 0 Å². The quantitative estimate of drug-likeness (QED) is 0.638. The molecule has 1 heterocycles. The molecule has 2 aromatic rings. The van der Waals surface area contributed by atoms with Crippen molar-refractivity contribution in [2.45, 2.75) is 5.75 Å². The lowest BCUT2D eigenvalue weighted by molar-refractivity contribution is -0.133. The van der Waals surface area contributed by atoms with E-state index in [2.05, 4.69) is 0 Å². The Morgan fingerprint density at radius 1 is 1.13 bits per heavy atom. The fourth-order valence-corrected chi connectivity index (χ4v) is 3.00. The van der Waals surface area contributed by atoms with E-state index < -0.39 is 22.9 Å². The Hall–Kier alpha value is -2.31. The number of rotatable bonds is 4. The van der Waals surface area contributed by atoms with Crippen LogP contribution in [-0.4, -0.2) is 21.3 Å². The van der Waals surface area contributed by atoms with Gasteiger partial charge in [-0.15, -0.1) is 0 Å². The van der Waals surface area contributed by atoms with Crippen LogP contribution in [0.5, 0.6) is 0 Å². The molecular weight excluding hydrogens is 319 g/mol. The summed E-state index contributed by atoms with van der Waals surface area (Å²) in [6, 6.07) is 13.3. The molecule has 0 bridgehead atoms. The molecule has 0 spiro atoms. The summed E-state index contributed by atoms with van der Waals surface area (Å²) in [6.45, 7) is 0.0648. The molecule has 118 valence electrons. The highest BCUT2D eigenvalue weighted by Gasteiger charge is 2.27. The number of benzene rings is 2. The van der Waals surface area contributed by atoms with E-state index in [-0.39, 0.29) is 17.9 Å². The summed E-state index contributed by atoms with van der Waals surface area (Å²) in [5.41, 5.74) is 2.30. The van der Waals surface area contributed by atoms with Crippen LogP contribution in [0.4, 0.5) is 4.39 Å². The Bertz CT molecular complexity index is 815. The largest absolute Gasteiger partial charge is 0.772 e. The van der Waals surface area contributed by atoms with E-state index in [1.165, 1.54) is 12.1 Å². The summed E-state index contributed by atoms with van der Waals surface area (Å²) in [5, 5.41) is 0. The van der Waals surface area contributed by atoms with E-state index in [0.29, 0.717) is 22.3 Å². The summed E-state index contributed by atoms with van der Waals surface area (Å²) in [5.74, 6) is -1.45. The number of cyclic esters (lactones) is 1. The van der Waals surface area contributed by atoms with Gasteiger partial charge in [0.05, 0.1) is 5.57 Å². The third-order valence-corrected chi connectivity index (χ3v) is 4.14. The Balaban J connectivity index is 2.06. The Morgan fingerprint density at radius 3 is 2.52 bits per heavy atom. The SMILES string of the molecule is O=C1OCC(c2ccc(CS(=O)[O-])c(F)c2)=C1c1ccccc1. The van der Waals surface area contributed by atoms with Gasteiger partial charge in [-0.2, -0.15) is 0 Å². The molecule has 0 N–H and O–H groups in total. The number of hydrogen-bond donors (Lipinski definition) is 0. The van der Waals surface area contributed by atoms with Crippen LogP contribution in [0.25, 0.3) is 11.1 Å². The summed E-state index contributed by atoms with van der Waals surface area (Å²) in [7, 11) is 0. The Labute approximate surface area is 134 Å². The average molecular weight is 331 g/mol. The second-order valence-electron chi connectivity index (χ2n) is 5.05. The van der Waals surface area contributed by atoms with Crippen molar-refractivity contribution in [3.8, 4) is 0 Å². The molecule has 3 rings (SSSR count). The number of hydrogen-bond acceptors (Lipinski definition) is 4. The first-order valence-electron chi connectivity index (χ1n) is 6.86. The minimum Gasteiger partial charge on any atom is -0.772 e. The van der Waals surface area contributed by atoms with Crippen LogP contribution in [0.1, 0.15) is 16.7 Å². The maximum Gasteiger partial charge on any atom is 0.339 e. The number of halogens is 1. The second kappa shape index (κ2) is 6.44. The van der Waals surface area contributed by atoms with E-state index in [9.17, 15) is 17.9 Å². The van der Waals surface area contributed by atoms with Crippen LogP contribution in [-0.2, 0) is 26.4 Å². The molecule has 0 amide bonds. The number of ether oxygens (including phenoxy) is 1. The van der Waals surface area contributed by atoms with Gasteiger partial charge in [0.25, 0.3) is 0 Å². The molecule has 0 aliphatic carbocycles. The van der Waals surface area contributed by atoms with Gasteiger partial charge in [-0.3, -0.25) is 4.21 Å². The Morgan fingerprint density at radius 2 is 1.87 bits per heavy atom. The standard InChI is InChI=1S/C17H13FO4S/c18-15-8-12(6-7-13(15)10-23(20)21)14-9-22-17(19)16(14)11-4-2-1-3-5-11/h1-8H,9-10H2,(H,20,21)/p-1. The highest BCUT2D eigenvalue weighted by Crippen LogP contribution is 2.33. The summed E-state index contributed by atoms with van der Waals surface area (Å²) in [4.78, 5) is 12.0. The highest BCUT2D eigenvalue weighted by atomic mass is 32.2. The van der Waals surface area contributed by atoms with Crippen LogP contribution < -0.4 is 0 Å². The molecule has 0 fully saturated rings. The first kappa shape index (κ1) is 15.6. The van der Waals surface area contributed by atoms with Gasteiger partial charge in [0.1, 0.15) is 12.4 Å². The molecule has 0 saturated heterocycles. The molecule has 4 nitrogen and oxygen atoms in total. The van der Waals surface area contributed by atoms with Gasteiger partial charge in [-0.25, -0.2) is 9.18 Å². The Kier molecular flexibility index (Phi) is 4.36. The van der Waals surface area contributed by atoms with Crippen LogP contribution in [0.2, 0.25) is 0 Å². The number of esters is 1. The highest BCUT2D eigenvalue weighted by molar-refractivity contribution is 7.78. The fraction of sp³-hybridized carbons (Fsp3) is 0.118. The molecule has 6 heteroatoms. The molecule has 1 unspecified atom stereocenters. The van der Waals surface area contributed by atoms with Gasteiger partial charge in [0, 0.05) is 11.3 Å². The molecular formula is C17H12FO4S-. The average Bonchev–Trinajstić information content (AvgIpc) is 2.91. The molecule has 1 aliphatic heterocycles. The van der Waals surface area contributed by atoms with Gasteiger partial charge in [-0.05, 0) is 22.8 Å². The first-order chi connectivity index (χ1) is 11.1. The molecule has 1 atom stereocenters. The van der Waals surface area contributed by atoms with Gasteiger partial charge in [0.15, 0.2) is 0 Å². The topological polar surface area (TPSA) is 66.4 Å². The molecule has 1 aliphatic rings. The van der Waals surface area contributed by atoms with E-state index in [0.717, 1.165) is 0 Å². The monoisotopic (exact) mass is 331 g/mol. The van der Waals surface area contributed by atoms with Crippen molar-refractivity contribution in [1.82, 2.24) is 0 Å². The van der Waals surface area contributed by atoms with E-state index in [1.54, 1.807) is 30.3 Å². The van der Waals surface area contributed by atoms with Crippen LogP contribution in [0.15, 0.2) is 48.5 Å². The van der Waals surface area contributed by atoms with Crippen LogP contribution in [0, 0.1) is 5.82 Å². The van der Waals surface area contributed by atoms with Gasteiger partial charge < -0.3 is 9.29 Å². The maximum atomic E-state index is 14.1. The van der Waals surface area contributed by atoms with Crippen molar-refractivity contribution < 1.29 is 22.7 Å². The van der Waals surface area contributed by atoms with E-state index in [4.69, 9.17) is 4.74 Å². The zero-order chi connectivity index (χ0) is 16.4. The van der Waals surface area contributed by atoms with Crippen LogP contribution in [0.3, 0.4) is 0 Å². The number of carbonyl (C=O) groups excluding carboxylic acids is 1. The summed E-state index contributed by atoms with van der Waals surface area (Å²) < 4.78 is 40.6. The van der Waals surface area contributed by atoms with Crippen molar-refractivity contribution in [1.29, 1.82) is 0 Å². The van der Waals surface area contributed by atoms with Gasteiger partial charge >= 0.3 is 5.97 Å². The lowest BCUT2D eigenvalue weighted by Crippen LogP contribution is -1.99. The minimum atomic E-state index is -2.36. The van der Waals surface area contributed by atoms with Crippen molar-refractivity contribution in [3.63, 3.8) is 0 Å². The van der Waals surface area contributed by atoms with Gasteiger partial charge in [-0.1, -0.05) is 53.5 Å². The van der Waals surface area contributed by atoms with Crippen molar-refractivity contribution >= 4 is 28.2 Å². The first-order valence-corrected chi connectivity index (χ1v) is 8.11. The summed E-state index contributed by atoms with van der Waals surface area (Å²) in [6.07, 6.45) is 0. The van der Waals surface area contributed by atoms with E-state index in [1.807, 2.05) is 6.07 Å². The van der Waals surface area contributed by atoms with E-state index >= 15 is 0 Å². The molecule has 0 radical (unpaired) electrons. The molecule has 2 aromatic carbocycles. The zero-order valence-corrected chi connectivity index (χ0v) is 12.8. The lowest BCUT2D eigenvalue weighted by Gasteiger charge is -2.09. The van der Waals surface area contributed by atoms with Crippen LogP contribution >= 0.6 is 0 Å². The molecule has 23 heavy (non-hydrogen) atoms. The normalized spacial score (nSPS) is 15.7. The molecule has 0 saturated carbocycles. The smallest absolute Gasteiger partial charge is 0.339 e. The predicted molar refractivity (Wildman–Crippen MR) is 83.2 cm³/mol. The fourth-order valence-electron chi connectivity index (χ4n) is 2.51. The predicted octanol–water partition coefficient (Wildman–Crippen LogP) is 2.67. The number of carbonyl (C=O) groups is 1. The lowest BCUT2D eigenvalue weighted by atomic mass is 9.96.